The molecule has 0 radical (unpaired) electrons. The summed E-state index contributed by atoms with van der Waals surface area (Å²) < 4.78 is 0. The zero-order valence-electron chi connectivity index (χ0n) is 11.3. The Morgan fingerprint density at radius 2 is 2.00 bits per heavy atom. The normalized spacial score (nSPS) is 24.8. The number of nitrogens with zero attached hydrogens (tertiary/aromatic N) is 2. The van der Waals surface area contributed by atoms with E-state index in [0.717, 1.165) is 31.7 Å². The minimum atomic E-state index is -0.459. The number of fused-ring (bicyclic) bond motifs is 1. The van der Waals surface area contributed by atoms with Gasteiger partial charge in [-0.15, -0.1) is 0 Å². The summed E-state index contributed by atoms with van der Waals surface area (Å²) in [6, 6.07) is 4.47. The molecule has 2 heterocycles. The maximum absolute atomic E-state index is 12.6. The summed E-state index contributed by atoms with van der Waals surface area (Å²) in [5, 5.41) is 14.2. The SMILES string of the molecule is Cc1ccc([N+](=O)[O-])cc1C(=O)N1C[C@H]2CNC[C@H]2C1. The van der Waals surface area contributed by atoms with Crippen molar-refractivity contribution in [1.29, 1.82) is 0 Å². The van der Waals surface area contributed by atoms with Crippen molar-refractivity contribution >= 4 is 11.6 Å². The van der Waals surface area contributed by atoms with Gasteiger partial charge in [-0.1, -0.05) is 6.07 Å². The van der Waals surface area contributed by atoms with Gasteiger partial charge in [0.05, 0.1) is 4.92 Å². The third kappa shape index (κ3) is 2.16. The van der Waals surface area contributed by atoms with E-state index < -0.39 is 4.92 Å². The molecule has 0 aromatic heterocycles. The van der Waals surface area contributed by atoms with E-state index in [1.165, 1.54) is 12.1 Å². The van der Waals surface area contributed by atoms with Gasteiger partial charge < -0.3 is 10.2 Å². The van der Waals surface area contributed by atoms with Crippen LogP contribution in [0.4, 0.5) is 5.69 Å². The second kappa shape index (κ2) is 4.86. The van der Waals surface area contributed by atoms with Crippen molar-refractivity contribution in [2.75, 3.05) is 26.2 Å². The number of hydrogen-bond acceptors (Lipinski definition) is 4. The number of aryl methyl sites for hydroxylation is 1. The number of likely N-dealkylation sites (tertiary alicyclic amines) is 1. The van der Waals surface area contributed by atoms with Crippen LogP contribution in [0.2, 0.25) is 0 Å². The van der Waals surface area contributed by atoms with Crippen molar-refractivity contribution in [1.82, 2.24) is 10.2 Å². The Balaban J connectivity index is 1.84. The Morgan fingerprint density at radius 3 is 2.60 bits per heavy atom. The predicted octanol–water partition coefficient (Wildman–Crippen LogP) is 1.19. The molecular weight excluding hydrogens is 258 g/mol. The standard InChI is InChI=1S/C14H17N3O3/c1-9-2-3-12(17(19)20)4-13(9)14(18)16-7-10-5-15-6-11(10)8-16/h2-4,10-11,15H,5-8H2,1H3/t10-,11+. The fourth-order valence-corrected chi connectivity index (χ4v) is 3.15. The first-order chi connectivity index (χ1) is 9.56. The van der Waals surface area contributed by atoms with Crippen molar-refractivity contribution < 1.29 is 9.72 Å². The van der Waals surface area contributed by atoms with Crippen molar-refractivity contribution in [2.45, 2.75) is 6.92 Å². The molecule has 1 N–H and O–H groups in total. The van der Waals surface area contributed by atoms with Crippen LogP contribution in [0.15, 0.2) is 18.2 Å². The van der Waals surface area contributed by atoms with E-state index >= 15 is 0 Å². The molecule has 6 heteroatoms. The molecule has 1 aromatic rings. The van der Waals surface area contributed by atoms with Crippen LogP contribution in [0.5, 0.6) is 0 Å². The molecule has 2 atom stereocenters. The first-order valence-electron chi connectivity index (χ1n) is 6.81. The molecule has 3 rings (SSSR count). The lowest BCUT2D eigenvalue weighted by molar-refractivity contribution is -0.384. The second-order valence-electron chi connectivity index (χ2n) is 5.64. The second-order valence-corrected chi connectivity index (χ2v) is 5.64. The van der Waals surface area contributed by atoms with Gasteiger partial charge in [0.15, 0.2) is 0 Å². The first-order valence-corrected chi connectivity index (χ1v) is 6.81. The lowest BCUT2D eigenvalue weighted by Crippen LogP contribution is -2.32. The smallest absolute Gasteiger partial charge is 0.270 e. The largest absolute Gasteiger partial charge is 0.338 e. The number of amides is 1. The number of carbonyl (C=O) groups is 1. The maximum atomic E-state index is 12.6. The summed E-state index contributed by atoms with van der Waals surface area (Å²) in [6.45, 7) is 5.23. The predicted molar refractivity (Wildman–Crippen MR) is 73.6 cm³/mol. The lowest BCUT2D eigenvalue weighted by Gasteiger charge is -2.18. The molecule has 1 amide bonds. The number of hydrogen-bond donors (Lipinski definition) is 1. The molecule has 0 unspecified atom stereocenters. The van der Waals surface area contributed by atoms with E-state index in [0.29, 0.717) is 17.4 Å². The van der Waals surface area contributed by atoms with Crippen LogP contribution in [-0.4, -0.2) is 41.9 Å². The van der Waals surface area contributed by atoms with Gasteiger partial charge in [0, 0.05) is 43.9 Å². The number of carbonyl (C=O) groups excluding carboxylic acids is 1. The molecule has 0 aliphatic carbocycles. The highest BCUT2D eigenvalue weighted by Crippen LogP contribution is 2.28. The Labute approximate surface area is 116 Å². The molecule has 2 fully saturated rings. The highest BCUT2D eigenvalue weighted by atomic mass is 16.6. The van der Waals surface area contributed by atoms with Gasteiger partial charge in [0.2, 0.25) is 0 Å². The van der Waals surface area contributed by atoms with Gasteiger partial charge in [-0.25, -0.2) is 0 Å². The minimum absolute atomic E-state index is 0.0278. The molecule has 106 valence electrons. The fraction of sp³-hybridized carbons (Fsp3) is 0.500. The van der Waals surface area contributed by atoms with E-state index in [-0.39, 0.29) is 11.6 Å². The van der Waals surface area contributed by atoms with Crippen LogP contribution >= 0.6 is 0 Å². The van der Waals surface area contributed by atoms with Crippen LogP contribution < -0.4 is 5.32 Å². The third-order valence-corrected chi connectivity index (χ3v) is 4.34. The van der Waals surface area contributed by atoms with Crippen LogP contribution in [0.1, 0.15) is 15.9 Å². The van der Waals surface area contributed by atoms with Crippen molar-refractivity contribution in [2.24, 2.45) is 11.8 Å². The lowest BCUT2D eigenvalue weighted by atomic mass is 10.0. The topological polar surface area (TPSA) is 75.5 Å². The molecule has 1 aromatic carbocycles. The van der Waals surface area contributed by atoms with E-state index in [1.54, 1.807) is 6.07 Å². The van der Waals surface area contributed by atoms with Gasteiger partial charge in [-0.3, -0.25) is 14.9 Å². The van der Waals surface area contributed by atoms with Gasteiger partial charge >= 0.3 is 0 Å². The molecule has 2 saturated heterocycles. The summed E-state index contributed by atoms with van der Waals surface area (Å²) in [5.74, 6) is 0.969. The van der Waals surface area contributed by atoms with E-state index in [2.05, 4.69) is 5.32 Å². The molecule has 0 bridgehead atoms. The Bertz CT molecular complexity index is 561. The highest BCUT2D eigenvalue weighted by Gasteiger charge is 2.38. The summed E-state index contributed by atoms with van der Waals surface area (Å²) in [5.41, 5.74) is 1.21. The van der Waals surface area contributed by atoms with E-state index in [1.807, 2.05) is 11.8 Å². The third-order valence-electron chi connectivity index (χ3n) is 4.34. The molecule has 2 aliphatic rings. The number of benzene rings is 1. The molecule has 6 nitrogen and oxygen atoms in total. The minimum Gasteiger partial charge on any atom is -0.338 e. The molecule has 0 spiro atoms. The molecule has 0 saturated carbocycles. The van der Waals surface area contributed by atoms with Crippen molar-refractivity contribution in [3.05, 3.63) is 39.4 Å². The van der Waals surface area contributed by atoms with Crippen LogP contribution in [0.25, 0.3) is 0 Å². The number of non-ortho nitro benzene ring substituents is 1. The number of nitro groups is 1. The van der Waals surface area contributed by atoms with Crippen LogP contribution in [0, 0.1) is 28.9 Å². The van der Waals surface area contributed by atoms with Crippen molar-refractivity contribution in [3.8, 4) is 0 Å². The van der Waals surface area contributed by atoms with Gasteiger partial charge in [-0.05, 0) is 24.3 Å². The number of nitro benzene ring substituents is 1. The molecule has 20 heavy (non-hydrogen) atoms. The molecular formula is C14H17N3O3. The van der Waals surface area contributed by atoms with Gasteiger partial charge in [0.1, 0.15) is 0 Å². The average Bonchev–Trinajstić information content (AvgIpc) is 2.98. The summed E-state index contributed by atoms with van der Waals surface area (Å²) in [4.78, 5) is 24.8. The quantitative estimate of drug-likeness (QED) is 0.650. The number of nitrogens with one attached hydrogen (secondary N) is 1. The van der Waals surface area contributed by atoms with Crippen LogP contribution in [0.3, 0.4) is 0 Å². The van der Waals surface area contributed by atoms with Crippen molar-refractivity contribution in [3.63, 3.8) is 0 Å². The van der Waals surface area contributed by atoms with Gasteiger partial charge in [0.25, 0.3) is 11.6 Å². The fourth-order valence-electron chi connectivity index (χ4n) is 3.15. The van der Waals surface area contributed by atoms with E-state index in [4.69, 9.17) is 0 Å². The zero-order chi connectivity index (χ0) is 14.3. The number of rotatable bonds is 2. The average molecular weight is 275 g/mol. The Morgan fingerprint density at radius 1 is 1.35 bits per heavy atom. The summed E-state index contributed by atoms with van der Waals surface area (Å²) >= 11 is 0. The Hall–Kier alpha value is -1.95. The maximum Gasteiger partial charge on any atom is 0.270 e. The zero-order valence-corrected chi connectivity index (χ0v) is 11.3. The highest BCUT2D eigenvalue weighted by molar-refractivity contribution is 5.96. The Kier molecular flexibility index (Phi) is 3.17. The van der Waals surface area contributed by atoms with E-state index in [9.17, 15) is 14.9 Å². The van der Waals surface area contributed by atoms with Gasteiger partial charge in [-0.2, -0.15) is 0 Å². The van der Waals surface area contributed by atoms with Crippen LogP contribution in [-0.2, 0) is 0 Å². The summed E-state index contributed by atoms with van der Waals surface area (Å²) in [6.07, 6.45) is 0. The molecule has 2 aliphatic heterocycles. The monoisotopic (exact) mass is 275 g/mol. The summed E-state index contributed by atoms with van der Waals surface area (Å²) in [7, 11) is 0. The first kappa shape index (κ1) is 13.1.